The van der Waals surface area contributed by atoms with Crippen molar-refractivity contribution in [3.63, 3.8) is 0 Å². The fraction of sp³-hybridized carbons (Fsp3) is 0.368. The van der Waals surface area contributed by atoms with Gasteiger partial charge >= 0.3 is 0 Å². The van der Waals surface area contributed by atoms with E-state index in [0.29, 0.717) is 11.3 Å². The van der Waals surface area contributed by atoms with Crippen molar-refractivity contribution in [2.75, 3.05) is 13.1 Å². The van der Waals surface area contributed by atoms with Gasteiger partial charge in [-0.15, -0.1) is 0 Å². The van der Waals surface area contributed by atoms with Gasteiger partial charge in [0.15, 0.2) is 0 Å². The second kappa shape index (κ2) is 6.33. The predicted octanol–water partition coefficient (Wildman–Crippen LogP) is 4.78. The molecule has 2 unspecified atom stereocenters. The second-order valence-corrected chi connectivity index (χ2v) is 7.29. The number of halogens is 1. The van der Waals surface area contributed by atoms with Gasteiger partial charge in [-0.2, -0.15) is 0 Å². The average Bonchev–Trinajstić information content (AvgIpc) is 2.48. The van der Waals surface area contributed by atoms with E-state index in [2.05, 4.69) is 82.8 Å². The number of nitrogens with one attached hydrogen (secondary N) is 1. The van der Waals surface area contributed by atoms with E-state index in [1.54, 1.807) is 0 Å². The largest absolute Gasteiger partial charge is 0.316 e. The first-order valence-corrected chi connectivity index (χ1v) is 8.47. The lowest BCUT2D eigenvalue weighted by Crippen LogP contribution is -2.43. The first-order valence-electron chi connectivity index (χ1n) is 7.67. The monoisotopic (exact) mass is 343 g/mol. The van der Waals surface area contributed by atoms with E-state index >= 15 is 0 Å². The molecule has 0 bridgehead atoms. The van der Waals surface area contributed by atoms with Crippen LogP contribution in [-0.2, 0) is 6.42 Å². The highest BCUT2D eigenvalue weighted by atomic mass is 79.9. The third-order valence-electron chi connectivity index (χ3n) is 4.76. The normalized spacial score (nSPS) is 25.7. The van der Waals surface area contributed by atoms with E-state index in [4.69, 9.17) is 0 Å². The van der Waals surface area contributed by atoms with Gasteiger partial charge in [0.25, 0.3) is 0 Å². The van der Waals surface area contributed by atoms with Crippen LogP contribution in [0, 0.1) is 5.41 Å². The number of hydrogen-bond acceptors (Lipinski definition) is 1. The zero-order valence-corrected chi connectivity index (χ0v) is 14.1. The molecule has 1 aliphatic rings. The molecule has 0 saturated carbocycles. The average molecular weight is 344 g/mol. The van der Waals surface area contributed by atoms with Gasteiger partial charge in [-0.1, -0.05) is 65.3 Å². The van der Waals surface area contributed by atoms with Gasteiger partial charge < -0.3 is 5.32 Å². The molecule has 1 saturated heterocycles. The molecule has 0 aliphatic carbocycles. The minimum atomic E-state index is 0.313. The lowest BCUT2D eigenvalue weighted by molar-refractivity contribution is 0.186. The molecule has 2 heteroatoms. The first kappa shape index (κ1) is 14.8. The van der Waals surface area contributed by atoms with Crippen molar-refractivity contribution >= 4 is 15.9 Å². The number of piperidine rings is 1. The van der Waals surface area contributed by atoms with E-state index in [-0.39, 0.29) is 0 Å². The number of benzene rings is 2. The van der Waals surface area contributed by atoms with E-state index in [1.807, 2.05) is 0 Å². The van der Waals surface area contributed by atoms with E-state index in [9.17, 15) is 0 Å². The lowest BCUT2D eigenvalue weighted by atomic mass is 9.66. The quantitative estimate of drug-likeness (QED) is 0.845. The molecule has 1 fully saturated rings. The molecule has 3 rings (SSSR count). The summed E-state index contributed by atoms with van der Waals surface area (Å²) in [4.78, 5) is 0. The summed E-state index contributed by atoms with van der Waals surface area (Å²) in [6.07, 6.45) is 2.37. The van der Waals surface area contributed by atoms with Crippen molar-refractivity contribution in [3.8, 4) is 0 Å². The summed E-state index contributed by atoms with van der Waals surface area (Å²) in [6.45, 7) is 4.64. The fourth-order valence-electron chi connectivity index (χ4n) is 3.56. The Labute approximate surface area is 135 Å². The maximum Gasteiger partial charge on any atom is 0.0178 e. The summed E-state index contributed by atoms with van der Waals surface area (Å²) >= 11 is 3.61. The summed E-state index contributed by atoms with van der Waals surface area (Å²) in [5.41, 5.74) is 3.20. The summed E-state index contributed by atoms with van der Waals surface area (Å²) in [5, 5.41) is 3.58. The standard InChI is InChI=1S/C19H22BrN/c1-19(13-15-6-3-2-4-7-15)10-11-21-14-18(19)16-8-5-9-17(20)12-16/h2-9,12,18,21H,10-11,13-14H2,1H3. The molecule has 2 aromatic carbocycles. The van der Waals surface area contributed by atoms with Crippen LogP contribution in [0.15, 0.2) is 59.1 Å². The highest BCUT2D eigenvalue weighted by Crippen LogP contribution is 2.43. The van der Waals surface area contributed by atoms with Gasteiger partial charge in [-0.05, 0) is 48.1 Å². The molecule has 1 heterocycles. The van der Waals surface area contributed by atoms with Gasteiger partial charge in [0.1, 0.15) is 0 Å². The summed E-state index contributed by atoms with van der Waals surface area (Å²) in [7, 11) is 0. The molecule has 1 aliphatic heterocycles. The Balaban J connectivity index is 1.90. The van der Waals surface area contributed by atoms with Crippen LogP contribution in [0.25, 0.3) is 0 Å². The smallest absolute Gasteiger partial charge is 0.0178 e. The van der Waals surface area contributed by atoms with Crippen molar-refractivity contribution in [1.29, 1.82) is 0 Å². The van der Waals surface area contributed by atoms with Crippen molar-refractivity contribution in [3.05, 3.63) is 70.2 Å². The van der Waals surface area contributed by atoms with Crippen LogP contribution in [0.4, 0.5) is 0 Å². The Morgan fingerprint density at radius 1 is 1.14 bits per heavy atom. The minimum Gasteiger partial charge on any atom is -0.316 e. The molecule has 1 N–H and O–H groups in total. The molecule has 0 aromatic heterocycles. The molecule has 21 heavy (non-hydrogen) atoms. The van der Waals surface area contributed by atoms with Crippen LogP contribution >= 0.6 is 15.9 Å². The topological polar surface area (TPSA) is 12.0 Å². The SMILES string of the molecule is CC1(Cc2ccccc2)CCNCC1c1cccc(Br)c1. The van der Waals surface area contributed by atoms with Crippen LogP contribution in [0.1, 0.15) is 30.4 Å². The van der Waals surface area contributed by atoms with Crippen LogP contribution in [0.2, 0.25) is 0 Å². The molecule has 0 spiro atoms. The van der Waals surface area contributed by atoms with Gasteiger partial charge in [-0.3, -0.25) is 0 Å². The summed E-state index contributed by atoms with van der Waals surface area (Å²) in [6, 6.07) is 19.7. The molecule has 0 radical (unpaired) electrons. The first-order chi connectivity index (χ1) is 10.2. The molecule has 2 atom stereocenters. The Kier molecular flexibility index (Phi) is 4.46. The maximum absolute atomic E-state index is 3.61. The van der Waals surface area contributed by atoms with Gasteiger partial charge in [0.05, 0.1) is 0 Å². The Morgan fingerprint density at radius 3 is 2.71 bits per heavy atom. The van der Waals surface area contributed by atoms with E-state index < -0.39 is 0 Å². The second-order valence-electron chi connectivity index (χ2n) is 6.38. The van der Waals surface area contributed by atoms with Crippen molar-refractivity contribution in [2.24, 2.45) is 5.41 Å². The van der Waals surface area contributed by atoms with Gasteiger partial charge in [0.2, 0.25) is 0 Å². The number of hydrogen-bond donors (Lipinski definition) is 1. The van der Waals surface area contributed by atoms with Crippen LogP contribution < -0.4 is 5.32 Å². The van der Waals surface area contributed by atoms with Crippen molar-refractivity contribution in [1.82, 2.24) is 5.32 Å². The predicted molar refractivity (Wildman–Crippen MR) is 92.6 cm³/mol. The molecular formula is C19H22BrN. The van der Waals surface area contributed by atoms with Crippen molar-refractivity contribution < 1.29 is 0 Å². The lowest BCUT2D eigenvalue weighted by Gasteiger charge is -2.42. The highest BCUT2D eigenvalue weighted by Gasteiger charge is 2.37. The van der Waals surface area contributed by atoms with Crippen LogP contribution in [-0.4, -0.2) is 13.1 Å². The molecule has 2 aromatic rings. The molecular weight excluding hydrogens is 322 g/mol. The fourth-order valence-corrected chi connectivity index (χ4v) is 3.98. The van der Waals surface area contributed by atoms with Gasteiger partial charge in [-0.25, -0.2) is 0 Å². The van der Waals surface area contributed by atoms with E-state index in [0.717, 1.165) is 19.5 Å². The summed E-state index contributed by atoms with van der Waals surface area (Å²) in [5.74, 6) is 0.559. The Morgan fingerprint density at radius 2 is 1.95 bits per heavy atom. The Hall–Kier alpha value is -1.12. The third-order valence-corrected chi connectivity index (χ3v) is 5.26. The van der Waals surface area contributed by atoms with E-state index in [1.165, 1.54) is 22.0 Å². The minimum absolute atomic E-state index is 0.313. The zero-order chi connectivity index (χ0) is 14.7. The Bertz CT molecular complexity index is 596. The maximum atomic E-state index is 3.61. The van der Waals surface area contributed by atoms with Gasteiger partial charge in [0, 0.05) is 16.9 Å². The highest BCUT2D eigenvalue weighted by molar-refractivity contribution is 9.10. The molecule has 110 valence electrons. The molecule has 0 amide bonds. The van der Waals surface area contributed by atoms with Crippen LogP contribution in [0.5, 0.6) is 0 Å². The van der Waals surface area contributed by atoms with Crippen LogP contribution in [0.3, 0.4) is 0 Å². The third kappa shape index (κ3) is 3.38. The molecule has 1 nitrogen and oxygen atoms in total. The van der Waals surface area contributed by atoms with Crippen molar-refractivity contribution in [2.45, 2.75) is 25.7 Å². The summed E-state index contributed by atoms with van der Waals surface area (Å²) < 4.78 is 1.17. The number of rotatable bonds is 3. The zero-order valence-electron chi connectivity index (χ0n) is 12.5.